The molecule has 1 unspecified atom stereocenters. The third-order valence-corrected chi connectivity index (χ3v) is 2.95. The summed E-state index contributed by atoms with van der Waals surface area (Å²) < 4.78 is 5.19. The Morgan fingerprint density at radius 1 is 1.53 bits per heavy atom. The van der Waals surface area contributed by atoms with Crippen LogP contribution < -0.4 is 10.5 Å². The van der Waals surface area contributed by atoms with Crippen LogP contribution in [0.3, 0.4) is 0 Å². The van der Waals surface area contributed by atoms with Gasteiger partial charge in [-0.2, -0.15) is 0 Å². The van der Waals surface area contributed by atoms with Crippen molar-refractivity contribution in [3.8, 4) is 5.75 Å². The zero-order valence-corrected chi connectivity index (χ0v) is 9.93. The summed E-state index contributed by atoms with van der Waals surface area (Å²) >= 11 is 6.14. The quantitative estimate of drug-likeness (QED) is 0.833. The lowest BCUT2D eigenvalue weighted by Crippen LogP contribution is -2.16. The highest BCUT2D eigenvalue weighted by molar-refractivity contribution is 6.33. The Labute approximate surface area is 94.8 Å². The summed E-state index contributed by atoms with van der Waals surface area (Å²) in [5, 5.41) is 9.59. The summed E-state index contributed by atoms with van der Waals surface area (Å²) in [6, 6.07) is 1.51. The predicted octanol–water partition coefficient (Wildman–Crippen LogP) is 1.96. The van der Waals surface area contributed by atoms with Crippen LogP contribution in [0.5, 0.6) is 5.75 Å². The SMILES string of the molecule is COc1c(C)cc(C(N)CO)c(C)c1Cl. The van der Waals surface area contributed by atoms with Crippen LogP contribution in [0.25, 0.3) is 0 Å². The van der Waals surface area contributed by atoms with Gasteiger partial charge in [-0.3, -0.25) is 0 Å². The van der Waals surface area contributed by atoms with Crippen molar-refractivity contribution in [2.24, 2.45) is 5.73 Å². The number of methoxy groups -OCH3 is 1. The van der Waals surface area contributed by atoms with Gasteiger partial charge < -0.3 is 15.6 Å². The molecular formula is C11H16ClNO2. The van der Waals surface area contributed by atoms with E-state index in [-0.39, 0.29) is 6.61 Å². The highest BCUT2D eigenvalue weighted by Gasteiger charge is 2.15. The summed E-state index contributed by atoms with van der Waals surface area (Å²) in [7, 11) is 1.58. The Morgan fingerprint density at radius 2 is 2.13 bits per heavy atom. The summed E-state index contributed by atoms with van der Waals surface area (Å²) in [5.41, 5.74) is 8.42. The first-order valence-electron chi connectivity index (χ1n) is 4.73. The van der Waals surface area contributed by atoms with Crippen molar-refractivity contribution in [3.05, 3.63) is 27.8 Å². The number of hydrogen-bond acceptors (Lipinski definition) is 3. The molecule has 0 amide bonds. The number of benzene rings is 1. The number of hydrogen-bond donors (Lipinski definition) is 2. The standard InChI is InChI=1S/C11H16ClNO2/c1-6-4-8(9(13)5-14)7(2)10(12)11(6)15-3/h4,9,14H,5,13H2,1-3H3. The maximum absolute atomic E-state index is 9.02. The van der Waals surface area contributed by atoms with E-state index in [1.807, 2.05) is 19.9 Å². The highest BCUT2D eigenvalue weighted by Crippen LogP contribution is 2.35. The Morgan fingerprint density at radius 3 is 2.60 bits per heavy atom. The largest absolute Gasteiger partial charge is 0.495 e. The van der Waals surface area contributed by atoms with E-state index in [1.54, 1.807) is 7.11 Å². The van der Waals surface area contributed by atoms with E-state index in [0.29, 0.717) is 10.8 Å². The lowest BCUT2D eigenvalue weighted by Gasteiger charge is -2.17. The molecule has 3 N–H and O–H groups in total. The average Bonchev–Trinajstić information content (AvgIpc) is 2.23. The first-order valence-corrected chi connectivity index (χ1v) is 5.10. The third kappa shape index (κ3) is 2.25. The fourth-order valence-electron chi connectivity index (χ4n) is 1.61. The molecule has 4 heteroatoms. The van der Waals surface area contributed by atoms with Crippen LogP contribution in [0.15, 0.2) is 6.07 Å². The van der Waals surface area contributed by atoms with E-state index >= 15 is 0 Å². The van der Waals surface area contributed by atoms with Gasteiger partial charge in [0, 0.05) is 0 Å². The van der Waals surface area contributed by atoms with Gasteiger partial charge in [0.1, 0.15) is 5.75 Å². The van der Waals surface area contributed by atoms with Crippen molar-refractivity contribution in [1.82, 2.24) is 0 Å². The summed E-state index contributed by atoms with van der Waals surface area (Å²) in [6.07, 6.45) is 0. The number of aryl methyl sites for hydroxylation is 1. The topological polar surface area (TPSA) is 55.5 Å². The number of rotatable bonds is 3. The second kappa shape index (κ2) is 4.84. The highest BCUT2D eigenvalue weighted by atomic mass is 35.5. The Hall–Kier alpha value is -0.770. The first-order chi connectivity index (χ1) is 7.02. The molecule has 1 aromatic carbocycles. The fourth-order valence-corrected chi connectivity index (χ4v) is 1.95. The molecule has 0 aliphatic rings. The maximum Gasteiger partial charge on any atom is 0.140 e. The van der Waals surface area contributed by atoms with Gasteiger partial charge in [0.15, 0.2) is 0 Å². The number of ether oxygens (including phenoxy) is 1. The van der Waals surface area contributed by atoms with Crippen LogP contribution in [-0.4, -0.2) is 18.8 Å². The van der Waals surface area contributed by atoms with E-state index in [2.05, 4.69) is 0 Å². The first kappa shape index (κ1) is 12.3. The lowest BCUT2D eigenvalue weighted by molar-refractivity contribution is 0.267. The molecule has 1 aromatic rings. The molecular weight excluding hydrogens is 214 g/mol. The molecule has 0 saturated heterocycles. The normalized spacial score (nSPS) is 12.7. The fraction of sp³-hybridized carbons (Fsp3) is 0.455. The zero-order chi connectivity index (χ0) is 11.6. The monoisotopic (exact) mass is 229 g/mol. The zero-order valence-electron chi connectivity index (χ0n) is 9.17. The molecule has 0 bridgehead atoms. The molecule has 0 fully saturated rings. The number of nitrogens with two attached hydrogens (primary N) is 1. The molecule has 84 valence electrons. The van der Waals surface area contributed by atoms with Gasteiger partial charge in [0.2, 0.25) is 0 Å². The Kier molecular flexibility index (Phi) is 3.97. The number of aliphatic hydroxyl groups excluding tert-OH is 1. The van der Waals surface area contributed by atoms with E-state index < -0.39 is 6.04 Å². The van der Waals surface area contributed by atoms with E-state index in [9.17, 15) is 0 Å². The van der Waals surface area contributed by atoms with Crippen LogP contribution in [0.1, 0.15) is 22.7 Å². The van der Waals surface area contributed by atoms with Crippen molar-refractivity contribution in [3.63, 3.8) is 0 Å². The van der Waals surface area contributed by atoms with Gasteiger partial charge in [0.05, 0.1) is 24.8 Å². The van der Waals surface area contributed by atoms with Gasteiger partial charge in [-0.1, -0.05) is 17.7 Å². The Balaban J connectivity index is 3.33. The predicted molar refractivity (Wildman–Crippen MR) is 61.5 cm³/mol. The second-order valence-electron chi connectivity index (χ2n) is 3.54. The molecule has 0 aliphatic heterocycles. The molecule has 1 atom stereocenters. The van der Waals surface area contributed by atoms with Gasteiger partial charge in [-0.15, -0.1) is 0 Å². The van der Waals surface area contributed by atoms with Gasteiger partial charge >= 0.3 is 0 Å². The maximum atomic E-state index is 9.02. The molecule has 0 aromatic heterocycles. The molecule has 15 heavy (non-hydrogen) atoms. The molecule has 3 nitrogen and oxygen atoms in total. The van der Waals surface area contributed by atoms with Crippen molar-refractivity contribution in [2.45, 2.75) is 19.9 Å². The molecule has 0 radical (unpaired) electrons. The smallest absolute Gasteiger partial charge is 0.140 e. The number of aliphatic hydroxyl groups is 1. The molecule has 1 rings (SSSR count). The van der Waals surface area contributed by atoms with E-state index in [0.717, 1.165) is 16.7 Å². The van der Waals surface area contributed by atoms with Crippen molar-refractivity contribution in [2.75, 3.05) is 13.7 Å². The minimum atomic E-state index is -0.396. The minimum Gasteiger partial charge on any atom is -0.495 e. The Bertz CT molecular complexity index is 366. The number of halogens is 1. The average molecular weight is 230 g/mol. The second-order valence-corrected chi connectivity index (χ2v) is 3.92. The molecule has 0 spiro atoms. The van der Waals surface area contributed by atoms with Crippen molar-refractivity contribution < 1.29 is 9.84 Å². The minimum absolute atomic E-state index is 0.0943. The summed E-state index contributed by atoms with van der Waals surface area (Å²) in [5.74, 6) is 0.669. The summed E-state index contributed by atoms with van der Waals surface area (Å²) in [4.78, 5) is 0. The van der Waals surface area contributed by atoms with E-state index in [4.69, 9.17) is 27.2 Å². The van der Waals surface area contributed by atoms with E-state index in [1.165, 1.54) is 0 Å². The van der Waals surface area contributed by atoms with Crippen LogP contribution in [0, 0.1) is 13.8 Å². The van der Waals surface area contributed by atoms with Gasteiger partial charge in [-0.05, 0) is 30.5 Å². The van der Waals surface area contributed by atoms with Crippen LogP contribution in [0.2, 0.25) is 5.02 Å². The van der Waals surface area contributed by atoms with Crippen LogP contribution >= 0.6 is 11.6 Å². The lowest BCUT2D eigenvalue weighted by atomic mass is 9.99. The molecule has 0 heterocycles. The van der Waals surface area contributed by atoms with Crippen molar-refractivity contribution in [1.29, 1.82) is 0 Å². The summed E-state index contributed by atoms with van der Waals surface area (Å²) in [6.45, 7) is 3.68. The molecule has 0 saturated carbocycles. The third-order valence-electron chi connectivity index (χ3n) is 2.49. The van der Waals surface area contributed by atoms with Gasteiger partial charge in [-0.25, -0.2) is 0 Å². The van der Waals surface area contributed by atoms with Crippen LogP contribution in [-0.2, 0) is 0 Å². The van der Waals surface area contributed by atoms with Crippen LogP contribution in [0.4, 0.5) is 0 Å². The van der Waals surface area contributed by atoms with Crippen molar-refractivity contribution >= 4 is 11.6 Å². The molecule has 0 aliphatic carbocycles. The van der Waals surface area contributed by atoms with Gasteiger partial charge in [0.25, 0.3) is 0 Å².